The van der Waals surface area contributed by atoms with Crippen LogP contribution in [-0.4, -0.2) is 30.3 Å². The molecule has 0 atom stereocenters. The fourth-order valence-corrected chi connectivity index (χ4v) is 2.57. The van der Waals surface area contributed by atoms with E-state index < -0.39 is 0 Å². The van der Waals surface area contributed by atoms with Crippen molar-refractivity contribution in [3.63, 3.8) is 0 Å². The molecule has 19 heavy (non-hydrogen) atoms. The summed E-state index contributed by atoms with van der Waals surface area (Å²) in [5.74, 6) is 0.353. The van der Waals surface area contributed by atoms with Crippen LogP contribution in [0.25, 0.3) is 5.13 Å². The van der Waals surface area contributed by atoms with Gasteiger partial charge in [0, 0.05) is 5.92 Å². The van der Waals surface area contributed by atoms with Crippen molar-refractivity contribution in [1.82, 2.24) is 25.2 Å². The molecular formula is C12H19N5OS. The summed E-state index contributed by atoms with van der Waals surface area (Å²) >= 11 is 1.52. The lowest BCUT2D eigenvalue weighted by molar-refractivity contribution is 0.275. The third-order valence-electron chi connectivity index (χ3n) is 2.87. The molecule has 0 spiro atoms. The largest absolute Gasteiger partial charge is 0.390 e. The van der Waals surface area contributed by atoms with Crippen molar-refractivity contribution in [2.45, 2.75) is 52.6 Å². The van der Waals surface area contributed by atoms with Crippen LogP contribution in [0.3, 0.4) is 0 Å². The highest BCUT2D eigenvalue weighted by Crippen LogP contribution is 2.23. The molecule has 0 amide bonds. The van der Waals surface area contributed by atoms with Gasteiger partial charge in [-0.15, -0.1) is 15.3 Å². The molecule has 7 heteroatoms. The lowest BCUT2D eigenvalue weighted by Crippen LogP contribution is -2.04. The van der Waals surface area contributed by atoms with E-state index in [1.54, 1.807) is 4.68 Å². The van der Waals surface area contributed by atoms with Crippen molar-refractivity contribution in [3.05, 3.63) is 16.4 Å². The highest BCUT2D eigenvalue weighted by molar-refractivity contribution is 7.13. The molecule has 6 nitrogen and oxygen atoms in total. The summed E-state index contributed by atoms with van der Waals surface area (Å²) in [6.07, 6.45) is 2.97. The smallest absolute Gasteiger partial charge is 0.234 e. The van der Waals surface area contributed by atoms with Crippen LogP contribution in [-0.2, 0) is 13.0 Å². The maximum Gasteiger partial charge on any atom is 0.234 e. The van der Waals surface area contributed by atoms with Crippen molar-refractivity contribution >= 4 is 11.3 Å². The zero-order valence-corrected chi connectivity index (χ0v) is 12.3. The number of hydrogen-bond donors (Lipinski definition) is 1. The quantitative estimate of drug-likeness (QED) is 0.877. The summed E-state index contributed by atoms with van der Waals surface area (Å²) in [7, 11) is 0. The second-order valence-electron chi connectivity index (χ2n) is 4.73. The Morgan fingerprint density at radius 3 is 2.63 bits per heavy atom. The summed E-state index contributed by atoms with van der Waals surface area (Å²) in [5, 5.41) is 27.5. The van der Waals surface area contributed by atoms with E-state index in [-0.39, 0.29) is 6.61 Å². The minimum atomic E-state index is -0.0884. The summed E-state index contributed by atoms with van der Waals surface area (Å²) in [5.41, 5.74) is 1.57. The highest BCUT2D eigenvalue weighted by atomic mass is 32.1. The fraction of sp³-hybridized carbons (Fsp3) is 0.667. The molecule has 0 aliphatic rings. The Bertz CT molecular complexity index is 534. The summed E-state index contributed by atoms with van der Waals surface area (Å²) in [6.45, 7) is 6.22. The average Bonchev–Trinajstić information content (AvgIpc) is 3.02. The zero-order chi connectivity index (χ0) is 13.8. The maximum absolute atomic E-state index is 9.32. The maximum atomic E-state index is 9.32. The van der Waals surface area contributed by atoms with E-state index in [1.165, 1.54) is 11.3 Å². The molecule has 0 saturated carbocycles. The van der Waals surface area contributed by atoms with Gasteiger partial charge in [0.1, 0.15) is 10.7 Å². The molecular weight excluding hydrogens is 262 g/mol. The Labute approximate surface area is 116 Å². The summed E-state index contributed by atoms with van der Waals surface area (Å²) in [4.78, 5) is 0. The van der Waals surface area contributed by atoms with Crippen molar-refractivity contribution in [3.8, 4) is 5.13 Å². The van der Waals surface area contributed by atoms with Gasteiger partial charge in [0.05, 0.1) is 12.3 Å². The molecule has 0 saturated heterocycles. The molecule has 0 bridgehead atoms. The van der Waals surface area contributed by atoms with Gasteiger partial charge in [0.15, 0.2) is 0 Å². The fourth-order valence-electron chi connectivity index (χ4n) is 1.75. The van der Waals surface area contributed by atoms with Gasteiger partial charge in [0.25, 0.3) is 0 Å². The molecule has 0 aliphatic carbocycles. The van der Waals surface area contributed by atoms with Crippen LogP contribution < -0.4 is 0 Å². The van der Waals surface area contributed by atoms with Crippen molar-refractivity contribution in [1.29, 1.82) is 0 Å². The van der Waals surface area contributed by atoms with Gasteiger partial charge >= 0.3 is 0 Å². The molecule has 0 aliphatic heterocycles. The van der Waals surface area contributed by atoms with Crippen LogP contribution in [0.5, 0.6) is 0 Å². The Balaban J connectivity index is 2.34. The first-order valence-corrected chi connectivity index (χ1v) is 7.37. The number of hydrogen-bond acceptors (Lipinski definition) is 6. The van der Waals surface area contributed by atoms with Crippen LogP contribution in [0.15, 0.2) is 0 Å². The molecule has 1 N–H and O–H groups in total. The van der Waals surface area contributed by atoms with E-state index in [4.69, 9.17) is 0 Å². The zero-order valence-electron chi connectivity index (χ0n) is 11.5. The Kier molecular flexibility index (Phi) is 4.60. The molecule has 0 unspecified atom stereocenters. The van der Waals surface area contributed by atoms with E-state index in [2.05, 4.69) is 41.3 Å². The Morgan fingerprint density at radius 2 is 2.05 bits per heavy atom. The summed E-state index contributed by atoms with van der Waals surface area (Å²) in [6, 6.07) is 0. The number of aromatic nitrogens is 5. The van der Waals surface area contributed by atoms with Gasteiger partial charge < -0.3 is 5.11 Å². The van der Waals surface area contributed by atoms with E-state index in [0.29, 0.717) is 11.6 Å². The number of aliphatic hydroxyl groups excluding tert-OH is 1. The normalized spacial score (nSPS) is 11.4. The predicted molar refractivity (Wildman–Crippen MR) is 73.4 cm³/mol. The molecule has 2 aromatic rings. The minimum absolute atomic E-state index is 0.0884. The van der Waals surface area contributed by atoms with Crippen LogP contribution >= 0.6 is 11.3 Å². The van der Waals surface area contributed by atoms with Gasteiger partial charge in [-0.3, -0.25) is 0 Å². The molecule has 104 valence electrons. The first kappa shape index (κ1) is 14.1. The van der Waals surface area contributed by atoms with Crippen molar-refractivity contribution < 1.29 is 5.11 Å². The van der Waals surface area contributed by atoms with Gasteiger partial charge in [0.2, 0.25) is 5.13 Å². The van der Waals surface area contributed by atoms with Crippen LogP contribution in [0.1, 0.15) is 55.9 Å². The molecule has 0 aromatic carbocycles. The van der Waals surface area contributed by atoms with E-state index in [0.717, 1.165) is 35.1 Å². The average molecular weight is 281 g/mol. The second-order valence-corrected chi connectivity index (χ2v) is 5.72. The molecule has 0 radical (unpaired) electrons. The third-order valence-corrected chi connectivity index (χ3v) is 4.06. The standard InChI is InChI=1S/C12H19N5OS/c1-4-5-6-10-9(7-18)13-16-17(10)12-15-14-11(19-12)8(2)3/h8,18H,4-7H2,1-3H3. The molecule has 2 rings (SSSR count). The monoisotopic (exact) mass is 281 g/mol. The summed E-state index contributed by atoms with van der Waals surface area (Å²) < 4.78 is 1.71. The van der Waals surface area contributed by atoms with Crippen molar-refractivity contribution in [2.75, 3.05) is 0 Å². The predicted octanol–water partition coefficient (Wildman–Crippen LogP) is 2.08. The van der Waals surface area contributed by atoms with Gasteiger partial charge in [-0.1, -0.05) is 43.7 Å². The SMILES string of the molecule is CCCCc1c(CO)nnn1-c1nnc(C(C)C)s1. The van der Waals surface area contributed by atoms with Gasteiger partial charge in [-0.2, -0.15) is 4.68 Å². The number of aliphatic hydroxyl groups is 1. The first-order valence-electron chi connectivity index (χ1n) is 6.55. The third kappa shape index (κ3) is 2.98. The Morgan fingerprint density at radius 1 is 1.26 bits per heavy atom. The van der Waals surface area contributed by atoms with Crippen LogP contribution in [0.2, 0.25) is 0 Å². The van der Waals surface area contributed by atoms with Crippen molar-refractivity contribution in [2.24, 2.45) is 0 Å². The first-order chi connectivity index (χ1) is 9.17. The van der Waals surface area contributed by atoms with E-state index in [1.807, 2.05) is 0 Å². The molecule has 2 aromatic heterocycles. The number of unbranched alkanes of at least 4 members (excludes halogenated alkanes) is 1. The topological polar surface area (TPSA) is 76.7 Å². The van der Waals surface area contributed by atoms with Gasteiger partial charge in [-0.25, -0.2) is 0 Å². The number of rotatable bonds is 6. The number of nitrogens with zero attached hydrogens (tertiary/aromatic N) is 5. The van der Waals surface area contributed by atoms with Gasteiger partial charge in [-0.05, 0) is 12.8 Å². The van der Waals surface area contributed by atoms with E-state index >= 15 is 0 Å². The minimum Gasteiger partial charge on any atom is -0.390 e. The Hall–Kier alpha value is -1.34. The highest BCUT2D eigenvalue weighted by Gasteiger charge is 2.17. The van der Waals surface area contributed by atoms with E-state index in [9.17, 15) is 5.11 Å². The molecule has 2 heterocycles. The second kappa shape index (κ2) is 6.21. The lowest BCUT2D eigenvalue weighted by Gasteiger charge is -2.03. The molecule has 0 fully saturated rings. The van der Waals surface area contributed by atoms with Crippen LogP contribution in [0, 0.1) is 0 Å². The van der Waals surface area contributed by atoms with Crippen LogP contribution in [0.4, 0.5) is 0 Å². The lowest BCUT2D eigenvalue weighted by atomic mass is 10.2.